The maximum atomic E-state index is 12.8. The van der Waals surface area contributed by atoms with Gasteiger partial charge in [0.1, 0.15) is 0 Å². The first kappa shape index (κ1) is 22.7. The van der Waals surface area contributed by atoms with Crippen molar-refractivity contribution in [1.82, 2.24) is 9.62 Å². The van der Waals surface area contributed by atoms with Gasteiger partial charge in [0.25, 0.3) is 0 Å². The first-order valence-corrected chi connectivity index (χ1v) is 10.7. The molecule has 0 aromatic heterocycles. The molecule has 2 rings (SSSR count). The molecule has 2 aromatic carbocycles. The molecule has 29 heavy (non-hydrogen) atoms. The largest absolute Gasteiger partial charge is 0.493 e. The monoisotopic (exact) mass is 420 g/mol. The summed E-state index contributed by atoms with van der Waals surface area (Å²) in [6.07, 6.45) is 0.944. The van der Waals surface area contributed by atoms with Crippen molar-refractivity contribution in [3.05, 3.63) is 53.6 Å². The number of hydrogen-bond acceptors (Lipinski definition) is 5. The van der Waals surface area contributed by atoms with Crippen molar-refractivity contribution in [2.45, 2.75) is 31.2 Å². The fourth-order valence-electron chi connectivity index (χ4n) is 2.86. The second-order valence-corrected chi connectivity index (χ2v) is 8.71. The Kier molecular flexibility index (Phi) is 7.64. The summed E-state index contributed by atoms with van der Waals surface area (Å²) < 4.78 is 36.9. The van der Waals surface area contributed by atoms with Crippen LogP contribution in [0.4, 0.5) is 0 Å². The third kappa shape index (κ3) is 5.48. The van der Waals surface area contributed by atoms with Gasteiger partial charge in [-0.1, -0.05) is 31.2 Å². The molecule has 2 aromatic rings. The SMILES string of the molecule is CCc1ccc([C@H](C)NC(=O)CN(C)S(=O)(=O)c2ccc(OC)c(OC)c2)cc1. The number of carbonyl (C=O) groups excluding carboxylic acids is 1. The van der Waals surface area contributed by atoms with Crippen LogP contribution in [0.1, 0.15) is 31.0 Å². The predicted molar refractivity (Wildman–Crippen MR) is 112 cm³/mol. The molecular formula is C21H28N2O5S. The Balaban J connectivity index is 2.07. The maximum absolute atomic E-state index is 12.8. The van der Waals surface area contributed by atoms with Crippen LogP contribution < -0.4 is 14.8 Å². The van der Waals surface area contributed by atoms with E-state index in [2.05, 4.69) is 12.2 Å². The number of methoxy groups -OCH3 is 2. The van der Waals surface area contributed by atoms with E-state index in [0.29, 0.717) is 11.5 Å². The highest BCUT2D eigenvalue weighted by molar-refractivity contribution is 7.89. The molecule has 7 nitrogen and oxygen atoms in total. The quantitative estimate of drug-likeness (QED) is 0.674. The number of likely N-dealkylation sites (N-methyl/N-ethyl adjacent to an activating group) is 1. The molecule has 158 valence electrons. The Morgan fingerprint density at radius 2 is 1.69 bits per heavy atom. The fraction of sp³-hybridized carbons (Fsp3) is 0.381. The number of amides is 1. The predicted octanol–water partition coefficient (Wildman–Crippen LogP) is 2.76. The average molecular weight is 421 g/mol. The Bertz CT molecular complexity index is 942. The van der Waals surface area contributed by atoms with E-state index in [9.17, 15) is 13.2 Å². The number of nitrogens with zero attached hydrogens (tertiary/aromatic N) is 1. The summed E-state index contributed by atoms with van der Waals surface area (Å²) in [7, 11) is 0.405. The number of benzene rings is 2. The Labute approximate surface area is 172 Å². The van der Waals surface area contributed by atoms with Gasteiger partial charge in [-0.25, -0.2) is 8.42 Å². The molecule has 1 amide bonds. The fourth-order valence-corrected chi connectivity index (χ4v) is 4.00. The summed E-state index contributed by atoms with van der Waals surface area (Å²) >= 11 is 0. The minimum Gasteiger partial charge on any atom is -0.493 e. The smallest absolute Gasteiger partial charge is 0.243 e. The van der Waals surface area contributed by atoms with Crippen LogP contribution in [-0.4, -0.2) is 46.4 Å². The number of rotatable bonds is 9. The van der Waals surface area contributed by atoms with Crippen LogP contribution in [0, 0.1) is 0 Å². The summed E-state index contributed by atoms with van der Waals surface area (Å²) in [4.78, 5) is 12.4. The van der Waals surface area contributed by atoms with Crippen LogP contribution in [0.15, 0.2) is 47.4 Å². The van der Waals surface area contributed by atoms with Crippen molar-refractivity contribution < 1.29 is 22.7 Å². The van der Waals surface area contributed by atoms with Crippen LogP contribution in [-0.2, 0) is 21.2 Å². The van der Waals surface area contributed by atoms with E-state index in [1.54, 1.807) is 0 Å². The minimum absolute atomic E-state index is 0.0219. The molecule has 0 saturated heterocycles. The normalized spacial score (nSPS) is 12.5. The molecule has 0 unspecified atom stereocenters. The summed E-state index contributed by atoms with van der Waals surface area (Å²) in [5.74, 6) is 0.342. The molecule has 8 heteroatoms. The summed E-state index contributed by atoms with van der Waals surface area (Å²) in [5, 5.41) is 2.84. The first-order valence-electron chi connectivity index (χ1n) is 9.29. The third-order valence-corrected chi connectivity index (χ3v) is 6.49. The molecule has 1 atom stereocenters. The zero-order valence-electron chi connectivity index (χ0n) is 17.4. The van der Waals surface area contributed by atoms with Gasteiger partial charge in [0.05, 0.1) is 31.7 Å². The first-order chi connectivity index (χ1) is 13.7. The Morgan fingerprint density at radius 3 is 2.24 bits per heavy atom. The molecule has 0 fully saturated rings. The number of aryl methyl sites for hydroxylation is 1. The highest BCUT2D eigenvalue weighted by atomic mass is 32.2. The minimum atomic E-state index is -3.86. The lowest BCUT2D eigenvalue weighted by Gasteiger charge is -2.20. The highest BCUT2D eigenvalue weighted by Gasteiger charge is 2.25. The van der Waals surface area contributed by atoms with E-state index in [-0.39, 0.29) is 23.4 Å². The molecule has 0 radical (unpaired) electrons. The lowest BCUT2D eigenvalue weighted by Crippen LogP contribution is -2.39. The number of sulfonamides is 1. The van der Waals surface area contributed by atoms with E-state index < -0.39 is 10.0 Å². The topological polar surface area (TPSA) is 84.9 Å². The lowest BCUT2D eigenvalue weighted by molar-refractivity contribution is -0.121. The van der Waals surface area contributed by atoms with Gasteiger partial charge in [-0.05, 0) is 36.6 Å². The summed E-state index contributed by atoms with van der Waals surface area (Å²) in [5.41, 5.74) is 2.17. The zero-order chi connectivity index (χ0) is 21.6. The molecular weight excluding hydrogens is 392 g/mol. The zero-order valence-corrected chi connectivity index (χ0v) is 18.2. The van der Waals surface area contributed by atoms with Crippen molar-refractivity contribution >= 4 is 15.9 Å². The average Bonchev–Trinajstić information content (AvgIpc) is 2.72. The van der Waals surface area contributed by atoms with Gasteiger partial charge in [-0.2, -0.15) is 4.31 Å². The number of ether oxygens (including phenoxy) is 2. The highest BCUT2D eigenvalue weighted by Crippen LogP contribution is 2.30. The van der Waals surface area contributed by atoms with Crippen LogP contribution in [0.3, 0.4) is 0 Å². The third-order valence-electron chi connectivity index (χ3n) is 4.69. The van der Waals surface area contributed by atoms with E-state index >= 15 is 0 Å². The molecule has 0 saturated carbocycles. The van der Waals surface area contributed by atoms with Crippen molar-refractivity contribution in [2.24, 2.45) is 0 Å². The van der Waals surface area contributed by atoms with Gasteiger partial charge >= 0.3 is 0 Å². The summed E-state index contributed by atoms with van der Waals surface area (Å²) in [6, 6.07) is 12.1. The number of nitrogens with one attached hydrogen (secondary N) is 1. The molecule has 0 heterocycles. The van der Waals surface area contributed by atoms with E-state index in [4.69, 9.17) is 9.47 Å². The van der Waals surface area contributed by atoms with Gasteiger partial charge in [-0.3, -0.25) is 4.79 Å². The van der Waals surface area contributed by atoms with Gasteiger partial charge < -0.3 is 14.8 Å². The van der Waals surface area contributed by atoms with E-state index in [0.717, 1.165) is 16.3 Å². The van der Waals surface area contributed by atoms with Gasteiger partial charge in [0.2, 0.25) is 15.9 Å². The lowest BCUT2D eigenvalue weighted by atomic mass is 10.1. The van der Waals surface area contributed by atoms with Crippen molar-refractivity contribution in [3.8, 4) is 11.5 Å². The van der Waals surface area contributed by atoms with Gasteiger partial charge in [-0.15, -0.1) is 0 Å². The standard InChI is InChI=1S/C21H28N2O5S/c1-6-16-7-9-17(10-8-16)15(2)22-21(24)14-23(3)29(25,26)18-11-12-19(27-4)20(13-18)28-5/h7-13,15H,6,14H2,1-5H3,(H,22,24)/t15-/m0/s1. The van der Waals surface area contributed by atoms with Crippen LogP contribution in [0.25, 0.3) is 0 Å². The van der Waals surface area contributed by atoms with Gasteiger partial charge in [0, 0.05) is 13.1 Å². The molecule has 0 aliphatic heterocycles. The van der Waals surface area contributed by atoms with E-state index in [1.165, 1.54) is 45.0 Å². The van der Waals surface area contributed by atoms with Crippen molar-refractivity contribution in [1.29, 1.82) is 0 Å². The molecule has 0 bridgehead atoms. The van der Waals surface area contributed by atoms with Crippen LogP contribution in [0.5, 0.6) is 11.5 Å². The molecule has 0 aliphatic rings. The van der Waals surface area contributed by atoms with Crippen LogP contribution in [0.2, 0.25) is 0 Å². The molecule has 0 spiro atoms. The second kappa shape index (κ2) is 9.76. The maximum Gasteiger partial charge on any atom is 0.243 e. The second-order valence-electron chi connectivity index (χ2n) is 6.66. The molecule has 0 aliphatic carbocycles. The van der Waals surface area contributed by atoms with E-state index in [1.807, 2.05) is 31.2 Å². The Morgan fingerprint density at radius 1 is 1.07 bits per heavy atom. The van der Waals surface area contributed by atoms with Crippen molar-refractivity contribution in [3.63, 3.8) is 0 Å². The van der Waals surface area contributed by atoms with Gasteiger partial charge in [0.15, 0.2) is 11.5 Å². The number of carbonyl (C=O) groups is 1. The Hall–Kier alpha value is -2.58. The van der Waals surface area contributed by atoms with Crippen molar-refractivity contribution in [2.75, 3.05) is 27.8 Å². The molecule has 1 N–H and O–H groups in total. The summed E-state index contributed by atoms with van der Waals surface area (Å²) in [6.45, 7) is 3.64. The van der Waals surface area contributed by atoms with Crippen LogP contribution >= 0.6 is 0 Å². The number of hydrogen-bond donors (Lipinski definition) is 1.